The van der Waals surface area contributed by atoms with Crippen LogP contribution in [0.5, 0.6) is 5.75 Å². The van der Waals surface area contributed by atoms with Gasteiger partial charge in [0, 0.05) is 16.3 Å². The SMILES string of the molecule is Cc1cc(OCCCC(=O)OCC(=O)NC(C)c2cccs2)ccc1Cl. The molecule has 0 aliphatic rings. The van der Waals surface area contributed by atoms with Crippen molar-refractivity contribution >= 4 is 34.8 Å². The lowest BCUT2D eigenvalue weighted by atomic mass is 10.2. The number of hydrogen-bond acceptors (Lipinski definition) is 5. The Bertz CT molecular complexity index is 733. The van der Waals surface area contributed by atoms with Crippen LogP contribution in [0.15, 0.2) is 35.7 Å². The molecule has 1 aromatic heterocycles. The molecule has 1 unspecified atom stereocenters. The molecule has 1 aromatic carbocycles. The zero-order chi connectivity index (χ0) is 18.9. The largest absolute Gasteiger partial charge is 0.494 e. The highest BCUT2D eigenvalue weighted by Crippen LogP contribution is 2.21. The standard InChI is InChI=1S/C19H22ClNO4S/c1-13-11-15(7-8-16(13)20)24-9-3-6-19(23)25-12-18(22)21-14(2)17-5-4-10-26-17/h4-5,7-8,10-11,14H,3,6,9,12H2,1-2H3,(H,21,22). The maximum atomic E-state index is 11.8. The molecule has 1 N–H and O–H groups in total. The van der Waals surface area contributed by atoms with Crippen molar-refractivity contribution in [3.05, 3.63) is 51.2 Å². The number of ether oxygens (including phenoxy) is 2. The Morgan fingerprint density at radius 1 is 1.31 bits per heavy atom. The van der Waals surface area contributed by atoms with Crippen molar-refractivity contribution in [2.75, 3.05) is 13.2 Å². The number of carbonyl (C=O) groups excluding carboxylic acids is 2. The second kappa shape index (κ2) is 10.2. The number of thiophene rings is 1. The van der Waals surface area contributed by atoms with Gasteiger partial charge in [0.05, 0.1) is 12.6 Å². The van der Waals surface area contributed by atoms with Crippen molar-refractivity contribution in [2.45, 2.75) is 32.7 Å². The molecule has 0 spiro atoms. The predicted molar refractivity (Wildman–Crippen MR) is 103 cm³/mol. The highest BCUT2D eigenvalue weighted by molar-refractivity contribution is 7.10. The molecule has 0 aliphatic carbocycles. The molecule has 26 heavy (non-hydrogen) atoms. The number of amides is 1. The van der Waals surface area contributed by atoms with Gasteiger partial charge in [-0.1, -0.05) is 17.7 Å². The minimum absolute atomic E-state index is 0.0996. The third-order valence-corrected chi connectivity index (χ3v) is 5.11. The smallest absolute Gasteiger partial charge is 0.306 e. The zero-order valence-electron chi connectivity index (χ0n) is 14.8. The Morgan fingerprint density at radius 3 is 2.81 bits per heavy atom. The molecule has 1 amide bonds. The summed E-state index contributed by atoms with van der Waals surface area (Å²) in [6, 6.07) is 9.18. The van der Waals surface area contributed by atoms with E-state index in [2.05, 4.69) is 5.32 Å². The lowest BCUT2D eigenvalue weighted by molar-refractivity contribution is -0.148. The number of aryl methyl sites for hydroxylation is 1. The van der Waals surface area contributed by atoms with E-state index < -0.39 is 5.97 Å². The van der Waals surface area contributed by atoms with Crippen molar-refractivity contribution in [3.8, 4) is 5.75 Å². The second-order valence-electron chi connectivity index (χ2n) is 5.83. The van der Waals surface area contributed by atoms with E-state index in [0.717, 1.165) is 10.4 Å². The van der Waals surface area contributed by atoms with E-state index in [0.29, 0.717) is 23.8 Å². The Kier molecular flexibility index (Phi) is 7.94. The molecular weight excluding hydrogens is 374 g/mol. The Hall–Kier alpha value is -2.05. The summed E-state index contributed by atoms with van der Waals surface area (Å²) in [5, 5.41) is 5.43. The van der Waals surface area contributed by atoms with Crippen LogP contribution >= 0.6 is 22.9 Å². The number of halogens is 1. The van der Waals surface area contributed by atoms with Crippen LogP contribution in [0.25, 0.3) is 0 Å². The van der Waals surface area contributed by atoms with Gasteiger partial charge < -0.3 is 14.8 Å². The van der Waals surface area contributed by atoms with Crippen molar-refractivity contribution in [1.82, 2.24) is 5.32 Å². The fourth-order valence-corrected chi connectivity index (χ4v) is 3.08. The number of rotatable bonds is 9. The summed E-state index contributed by atoms with van der Waals surface area (Å²) in [5.74, 6) is -0.0193. The molecule has 7 heteroatoms. The molecular formula is C19H22ClNO4S. The maximum Gasteiger partial charge on any atom is 0.306 e. The van der Waals surface area contributed by atoms with Crippen LogP contribution in [0.4, 0.5) is 0 Å². The van der Waals surface area contributed by atoms with Crippen LogP contribution in [-0.2, 0) is 14.3 Å². The summed E-state index contributed by atoms with van der Waals surface area (Å²) in [4.78, 5) is 24.6. The number of carbonyl (C=O) groups is 2. The molecule has 1 heterocycles. The molecule has 2 rings (SSSR count). The number of benzene rings is 1. The first-order valence-corrected chi connectivity index (χ1v) is 9.59. The lowest BCUT2D eigenvalue weighted by Crippen LogP contribution is -2.30. The Morgan fingerprint density at radius 2 is 2.12 bits per heavy atom. The maximum absolute atomic E-state index is 11.8. The van der Waals surface area contributed by atoms with Gasteiger partial charge in [-0.3, -0.25) is 9.59 Å². The summed E-state index contributed by atoms with van der Waals surface area (Å²) in [5.41, 5.74) is 0.936. The van der Waals surface area contributed by atoms with E-state index in [9.17, 15) is 9.59 Å². The van der Waals surface area contributed by atoms with Gasteiger partial charge >= 0.3 is 5.97 Å². The monoisotopic (exact) mass is 395 g/mol. The summed E-state index contributed by atoms with van der Waals surface area (Å²) in [6.45, 7) is 3.90. The molecule has 2 aromatic rings. The van der Waals surface area contributed by atoms with E-state index in [4.69, 9.17) is 21.1 Å². The van der Waals surface area contributed by atoms with Crippen LogP contribution in [0.3, 0.4) is 0 Å². The van der Waals surface area contributed by atoms with E-state index in [1.807, 2.05) is 37.4 Å². The van der Waals surface area contributed by atoms with Gasteiger partial charge in [-0.25, -0.2) is 0 Å². The Balaban J connectivity index is 1.59. The van der Waals surface area contributed by atoms with Crippen molar-refractivity contribution in [3.63, 3.8) is 0 Å². The van der Waals surface area contributed by atoms with Crippen molar-refractivity contribution in [1.29, 1.82) is 0 Å². The summed E-state index contributed by atoms with van der Waals surface area (Å²) >= 11 is 7.52. The van der Waals surface area contributed by atoms with Crippen LogP contribution in [0.1, 0.15) is 36.2 Å². The molecule has 140 valence electrons. The fraction of sp³-hybridized carbons (Fsp3) is 0.368. The van der Waals surface area contributed by atoms with Crippen molar-refractivity contribution < 1.29 is 19.1 Å². The fourth-order valence-electron chi connectivity index (χ4n) is 2.22. The molecule has 0 fully saturated rings. The number of hydrogen-bond donors (Lipinski definition) is 1. The predicted octanol–water partition coefficient (Wildman–Crippen LogP) is 4.29. The third kappa shape index (κ3) is 6.69. The van der Waals surface area contributed by atoms with Gasteiger partial charge in [0.25, 0.3) is 5.91 Å². The quantitative estimate of drug-likeness (QED) is 0.508. The van der Waals surface area contributed by atoms with E-state index >= 15 is 0 Å². The second-order valence-corrected chi connectivity index (χ2v) is 7.21. The minimum atomic E-state index is -0.417. The first kappa shape index (κ1) is 20.3. The average Bonchev–Trinajstić information content (AvgIpc) is 3.14. The van der Waals surface area contributed by atoms with E-state index in [1.54, 1.807) is 23.5 Å². The van der Waals surface area contributed by atoms with Gasteiger partial charge in [-0.15, -0.1) is 11.3 Å². The first-order valence-electron chi connectivity index (χ1n) is 8.33. The molecule has 5 nitrogen and oxygen atoms in total. The highest BCUT2D eigenvalue weighted by Gasteiger charge is 2.12. The molecule has 0 saturated carbocycles. The first-order chi connectivity index (χ1) is 12.5. The van der Waals surface area contributed by atoms with Gasteiger partial charge in [0.1, 0.15) is 5.75 Å². The lowest BCUT2D eigenvalue weighted by Gasteiger charge is -2.12. The van der Waals surface area contributed by atoms with Crippen LogP contribution in [-0.4, -0.2) is 25.1 Å². The third-order valence-electron chi connectivity index (χ3n) is 3.64. The van der Waals surface area contributed by atoms with Crippen LogP contribution < -0.4 is 10.1 Å². The molecule has 0 aliphatic heterocycles. The summed E-state index contributed by atoms with van der Waals surface area (Å²) < 4.78 is 10.6. The van der Waals surface area contributed by atoms with Gasteiger partial charge in [0.15, 0.2) is 6.61 Å². The molecule has 1 atom stereocenters. The Labute approximate surface area is 162 Å². The average molecular weight is 396 g/mol. The van der Waals surface area contributed by atoms with Crippen LogP contribution in [0, 0.1) is 6.92 Å². The van der Waals surface area contributed by atoms with Gasteiger partial charge in [-0.2, -0.15) is 0 Å². The van der Waals surface area contributed by atoms with Crippen LogP contribution in [0.2, 0.25) is 5.02 Å². The topological polar surface area (TPSA) is 64.6 Å². The highest BCUT2D eigenvalue weighted by atomic mass is 35.5. The van der Waals surface area contributed by atoms with Crippen molar-refractivity contribution in [2.24, 2.45) is 0 Å². The zero-order valence-corrected chi connectivity index (χ0v) is 16.4. The minimum Gasteiger partial charge on any atom is -0.494 e. The molecule has 0 radical (unpaired) electrons. The molecule has 0 saturated heterocycles. The molecule has 0 bridgehead atoms. The number of nitrogens with one attached hydrogen (secondary N) is 1. The van der Waals surface area contributed by atoms with Gasteiger partial charge in [0.2, 0.25) is 0 Å². The van der Waals surface area contributed by atoms with E-state index in [1.165, 1.54) is 0 Å². The normalized spacial score (nSPS) is 11.7. The summed E-state index contributed by atoms with van der Waals surface area (Å²) in [6.07, 6.45) is 0.702. The van der Waals surface area contributed by atoms with Gasteiger partial charge in [-0.05, 0) is 55.5 Å². The van der Waals surface area contributed by atoms with E-state index in [-0.39, 0.29) is 25.0 Å². The number of esters is 1. The summed E-state index contributed by atoms with van der Waals surface area (Å²) in [7, 11) is 0.